The molecule has 7 nitrogen and oxygen atoms in total. The molecule has 1 saturated heterocycles. The number of nitrogens with zero attached hydrogens (tertiary/aromatic N) is 1. The molecule has 1 aromatic carbocycles. The second kappa shape index (κ2) is 6.59. The van der Waals surface area contributed by atoms with Gasteiger partial charge >= 0.3 is 16.2 Å². The molecule has 0 bridgehead atoms. The Morgan fingerprint density at radius 1 is 1.41 bits per heavy atom. The van der Waals surface area contributed by atoms with E-state index in [1.165, 1.54) is 16.4 Å². The number of carbonyl (C=O) groups is 1. The lowest BCUT2D eigenvalue weighted by Crippen LogP contribution is -2.43. The zero-order valence-corrected chi connectivity index (χ0v) is 12.8. The summed E-state index contributed by atoms with van der Waals surface area (Å²) < 4.78 is 46.9. The fourth-order valence-corrected chi connectivity index (χ4v) is 3.54. The van der Waals surface area contributed by atoms with Gasteiger partial charge in [-0.15, -0.1) is 0 Å². The first-order chi connectivity index (χ1) is 10.3. The Morgan fingerprint density at radius 2 is 2.05 bits per heavy atom. The topological polar surface area (TPSA) is 95.9 Å². The number of carboxylic acids is 1. The SMILES string of the molecule is COC1CCN(S(=O)(=O)Nc2cccc(C(=O)O)c2F)CC1. The number of nitrogens with one attached hydrogen (secondary N) is 1. The summed E-state index contributed by atoms with van der Waals surface area (Å²) in [6.07, 6.45) is 1.11. The van der Waals surface area contributed by atoms with Gasteiger partial charge in [0, 0.05) is 20.2 Å². The van der Waals surface area contributed by atoms with Gasteiger partial charge in [0.15, 0.2) is 5.82 Å². The highest BCUT2D eigenvalue weighted by Gasteiger charge is 2.29. The minimum absolute atomic E-state index is 0.0125. The van der Waals surface area contributed by atoms with Crippen LogP contribution in [0.15, 0.2) is 18.2 Å². The first-order valence-corrected chi connectivity index (χ1v) is 8.11. The molecule has 0 aliphatic carbocycles. The van der Waals surface area contributed by atoms with Crippen molar-refractivity contribution >= 4 is 21.9 Å². The van der Waals surface area contributed by atoms with Crippen molar-refractivity contribution in [1.82, 2.24) is 4.31 Å². The number of ether oxygens (including phenoxy) is 1. The number of benzene rings is 1. The number of rotatable bonds is 5. The van der Waals surface area contributed by atoms with Crippen LogP contribution in [0.25, 0.3) is 0 Å². The van der Waals surface area contributed by atoms with Gasteiger partial charge in [-0.2, -0.15) is 12.7 Å². The van der Waals surface area contributed by atoms with Crippen LogP contribution < -0.4 is 4.72 Å². The van der Waals surface area contributed by atoms with Crippen molar-refractivity contribution in [3.63, 3.8) is 0 Å². The van der Waals surface area contributed by atoms with Crippen LogP contribution in [0.2, 0.25) is 0 Å². The van der Waals surface area contributed by atoms with Crippen molar-refractivity contribution in [2.24, 2.45) is 0 Å². The zero-order valence-electron chi connectivity index (χ0n) is 12.0. The van der Waals surface area contributed by atoms with Gasteiger partial charge in [0.1, 0.15) is 0 Å². The Labute approximate surface area is 127 Å². The van der Waals surface area contributed by atoms with Crippen molar-refractivity contribution in [2.45, 2.75) is 18.9 Å². The number of carboxylic acid groups (broad SMARTS) is 1. The molecule has 0 radical (unpaired) electrons. The summed E-state index contributed by atoms with van der Waals surface area (Å²) in [5, 5.41) is 8.85. The van der Waals surface area contributed by atoms with Gasteiger partial charge in [0.25, 0.3) is 0 Å². The molecular formula is C13H17FN2O5S. The van der Waals surface area contributed by atoms with Gasteiger partial charge in [-0.05, 0) is 25.0 Å². The second-order valence-electron chi connectivity index (χ2n) is 4.91. The maximum atomic E-state index is 14.0. The number of halogens is 1. The molecule has 0 amide bonds. The fourth-order valence-electron chi connectivity index (χ4n) is 2.29. The van der Waals surface area contributed by atoms with Gasteiger partial charge in [0.05, 0.1) is 17.4 Å². The number of aromatic carboxylic acids is 1. The van der Waals surface area contributed by atoms with Crippen LogP contribution in [0.4, 0.5) is 10.1 Å². The van der Waals surface area contributed by atoms with Crippen LogP contribution in [0.3, 0.4) is 0 Å². The number of hydrogen-bond donors (Lipinski definition) is 2. The third-order valence-electron chi connectivity index (χ3n) is 3.54. The third-order valence-corrected chi connectivity index (χ3v) is 5.07. The van der Waals surface area contributed by atoms with Crippen LogP contribution in [0, 0.1) is 5.82 Å². The van der Waals surface area contributed by atoms with Gasteiger partial charge in [-0.25, -0.2) is 9.18 Å². The Balaban J connectivity index is 2.16. The largest absolute Gasteiger partial charge is 0.478 e. The van der Waals surface area contributed by atoms with E-state index in [4.69, 9.17) is 9.84 Å². The van der Waals surface area contributed by atoms with Crippen molar-refractivity contribution in [3.05, 3.63) is 29.6 Å². The zero-order chi connectivity index (χ0) is 16.3. The second-order valence-corrected chi connectivity index (χ2v) is 6.58. The molecule has 1 aliphatic heterocycles. The normalized spacial score (nSPS) is 17.4. The number of hydrogen-bond acceptors (Lipinski definition) is 4. The lowest BCUT2D eigenvalue weighted by molar-refractivity contribution is 0.0605. The predicted octanol–water partition coefficient (Wildman–Crippen LogP) is 1.29. The van der Waals surface area contributed by atoms with E-state index in [1.807, 2.05) is 0 Å². The van der Waals surface area contributed by atoms with E-state index in [0.717, 1.165) is 6.07 Å². The Kier molecular flexibility index (Phi) is 4.99. The highest BCUT2D eigenvalue weighted by atomic mass is 32.2. The van der Waals surface area contributed by atoms with E-state index in [2.05, 4.69) is 4.72 Å². The van der Waals surface area contributed by atoms with Crippen LogP contribution in [0.5, 0.6) is 0 Å². The molecule has 1 aliphatic rings. The average molecular weight is 332 g/mol. The van der Waals surface area contributed by atoms with Gasteiger partial charge in [-0.1, -0.05) is 6.07 Å². The molecule has 9 heteroatoms. The summed E-state index contributed by atoms with van der Waals surface area (Å²) in [5.74, 6) is -2.56. The molecule has 1 aromatic rings. The van der Waals surface area contributed by atoms with Crippen molar-refractivity contribution in [3.8, 4) is 0 Å². The molecule has 0 atom stereocenters. The summed E-state index contributed by atoms with van der Waals surface area (Å²) in [4.78, 5) is 10.9. The van der Waals surface area contributed by atoms with E-state index in [-0.39, 0.29) is 24.9 Å². The van der Waals surface area contributed by atoms with E-state index in [0.29, 0.717) is 12.8 Å². The van der Waals surface area contributed by atoms with Crippen LogP contribution in [-0.2, 0) is 14.9 Å². The molecule has 0 unspecified atom stereocenters. The van der Waals surface area contributed by atoms with E-state index >= 15 is 0 Å². The highest BCUT2D eigenvalue weighted by molar-refractivity contribution is 7.90. The lowest BCUT2D eigenvalue weighted by atomic mass is 10.1. The minimum atomic E-state index is -3.94. The maximum Gasteiger partial charge on any atom is 0.338 e. The lowest BCUT2D eigenvalue weighted by Gasteiger charge is -2.30. The quantitative estimate of drug-likeness (QED) is 0.847. The standard InChI is InChI=1S/C13H17FN2O5S/c1-21-9-5-7-16(8-6-9)22(19,20)15-11-4-2-3-10(12(11)14)13(17)18/h2-4,9,15H,5-8H2,1H3,(H,17,18). The van der Waals surface area contributed by atoms with Crippen LogP contribution in [0.1, 0.15) is 23.2 Å². The van der Waals surface area contributed by atoms with E-state index in [1.54, 1.807) is 7.11 Å². The summed E-state index contributed by atoms with van der Waals surface area (Å²) in [5.41, 5.74) is -0.966. The van der Waals surface area contributed by atoms with E-state index in [9.17, 15) is 17.6 Å². The van der Waals surface area contributed by atoms with Gasteiger partial charge < -0.3 is 9.84 Å². The van der Waals surface area contributed by atoms with Crippen LogP contribution in [-0.4, -0.2) is 50.1 Å². The Morgan fingerprint density at radius 3 is 2.59 bits per heavy atom. The van der Waals surface area contributed by atoms with Crippen molar-refractivity contribution in [2.75, 3.05) is 24.9 Å². The summed E-state index contributed by atoms with van der Waals surface area (Å²) in [6, 6.07) is 3.53. The summed E-state index contributed by atoms with van der Waals surface area (Å²) in [7, 11) is -2.37. The smallest absolute Gasteiger partial charge is 0.338 e. The molecule has 0 saturated carbocycles. The van der Waals surface area contributed by atoms with Crippen molar-refractivity contribution in [1.29, 1.82) is 0 Å². The maximum absolute atomic E-state index is 14.0. The first-order valence-electron chi connectivity index (χ1n) is 6.67. The molecule has 122 valence electrons. The summed E-state index contributed by atoms with van der Waals surface area (Å²) in [6.45, 7) is 0.516. The van der Waals surface area contributed by atoms with Crippen molar-refractivity contribution < 1.29 is 27.4 Å². The number of piperidine rings is 1. The molecule has 0 spiro atoms. The Bertz CT molecular complexity index is 656. The van der Waals surface area contributed by atoms with Gasteiger partial charge in [0.2, 0.25) is 0 Å². The number of anilines is 1. The molecule has 1 fully saturated rings. The molecule has 0 aromatic heterocycles. The molecule has 22 heavy (non-hydrogen) atoms. The fraction of sp³-hybridized carbons (Fsp3) is 0.462. The highest BCUT2D eigenvalue weighted by Crippen LogP contribution is 2.22. The Hall–Kier alpha value is -1.71. The van der Waals surface area contributed by atoms with E-state index < -0.39 is 27.6 Å². The molecule has 2 rings (SSSR count). The average Bonchev–Trinajstić information content (AvgIpc) is 2.49. The third kappa shape index (κ3) is 3.54. The predicted molar refractivity (Wildman–Crippen MR) is 77.5 cm³/mol. The molecule has 2 N–H and O–H groups in total. The molecular weight excluding hydrogens is 315 g/mol. The van der Waals surface area contributed by atoms with Gasteiger partial charge in [-0.3, -0.25) is 4.72 Å². The monoisotopic (exact) mass is 332 g/mol. The minimum Gasteiger partial charge on any atom is -0.478 e. The first kappa shape index (κ1) is 16.7. The van der Waals surface area contributed by atoms with Crippen LogP contribution >= 0.6 is 0 Å². The summed E-state index contributed by atoms with van der Waals surface area (Å²) >= 11 is 0. The molecule has 1 heterocycles. The number of methoxy groups -OCH3 is 1.